The molecular weight excluding hydrogens is 322 g/mol. The zero-order valence-corrected chi connectivity index (χ0v) is 13.1. The smallest absolute Gasteiger partial charge is 0.312 e. The molecule has 8 nitrogen and oxygen atoms in total. The summed E-state index contributed by atoms with van der Waals surface area (Å²) in [6.45, 7) is 1.55. The monoisotopic (exact) mass is 336 g/mol. The zero-order chi connectivity index (χ0) is 16.8. The summed E-state index contributed by atoms with van der Waals surface area (Å²) in [4.78, 5) is 40.3. The average molecular weight is 336 g/mol. The summed E-state index contributed by atoms with van der Waals surface area (Å²) in [5, 5.41) is -1.15. The number of carbonyl (C=O) groups excluding carboxylic acids is 3. The summed E-state index contributed by atoms with van der Waals surface area (Å²) in [6.07, 6.45) is 2.99. The molecular formula is C14H14N3O5S. The van der Waals surface area contributed by atoms with Crippen molar-refractivity contribution in [2.45, 2.75) is 19.0 Å². The van der Waals surface area contributed by atoms with E-state index in [0.717, 1.165) is 4.31 Å². The van der Waals surface area contributed by atoms with E-state index in [0.29, 0.717) is 0 Å². The van der Waals surface area contributed by atoms with Gasteiger partial charge in [0.1, 0.15) is 11.7 Å². The fourth-order valence-corrected chi connectivity index (χ4v) is 4.79. The SMILES string of the molecule is CC1CN([C]=O)C2C(=O)CN(S(=O)(=O)C(=O)c3ccccn3)C12. The van der Waals surface area contributed by atoms with Crippen molar-refractivity contribution in [1.82, 2.24) is 14.2 Å². The normalized spacial score (nSPS) is 28.0. The molecule has 23 heavy (non-hydrogen) atoms. The third-order valence-corrected chi connectivity index (χ3v) is 5.90. The molecule has 3 heterocycles. The summed E-state index contributed by atoms with van der Waals surface area (Å²) < 4.78 is 26.2. The second-order valence-electron chi connectivity index (χ2n) is 5.68. The number of pyridine rings is 1. The highest BCUT2D eigenvalue weighted by Gasteiger charge is 2.56. The Kier molecular flexibility index (Phi) is 3.77. The lowest BCUT2D eigenvalue weighted by molar-refractivity contribution is -0.119. The molecule has 3 atom stereocenters. The van der Waals surface area contributed by atoms with Gasteiger partial charge in [-0.1, -0.05) is 13.0 Å². The predicted octanol–water partition coefficient (Wildman–Crippen LogP) is -0.808. The fraction of sp³-hybridized carbons (Fsp3) is 0.429. The van der Waals surface area contributed by atoms with Gasteiger partial charge in [-0.3, -0.25) is 19.4 Å². The Balaban J connectivity index is 1.97. The Labute approximate surface area is 133 Å². The first-order valence-electron chi connectivity index (χ1n) is 7.02. The maximum Gasteiger partial charge on any atom is 0.312 e. The summed E-state index contributed by atoms with van der Waals surface area (Å²) in [7, 11) is -4.39. The van der Waals surface area contributed by atoms with Crippen LogP contribution in [0.15, 0.2) is 24.4 Å². The quantitative estimate of drug-likeness (QED) is 0.715. The summed E-state index contributed by atoms with van der Waals surface area (Å²) in [6, 6.07) is 2.78. The molecule has 3 unspecified atom stereocenters. The number of aromatic nitrogens is 1. The topological polar surface area (TPSA) is 105 Å². The number of amides is 1. The lowest BCUT2D eigenvalue weighted by Gasteiger charge is -2.23. The largest absolute Gasteiger partial charge is 0.322 e. The van der Waals surface area contributed by atoms with Crippen LogP contribution in [0.25, 0.3) is 0 Å². The first kappa shape index (κ1) is 15.8. The van der Waals surface area contributed by atoms with Gasteiger partial charge in [0.05, 0.1) is 12.6 Å². The average Bonchev–Trinajstić information content (AvgIpc) is 3.07. The maximum atomic E-state index is 12.6. The second-order valence-corrected chi connectivity index (χ2v) is 7.47. The predicted molar refractivity (Wildman–Crippen MR) is 78.3 cm³/mol. The minimum Gasteiger partial charge on any atom is -0.322 e. The number of ketones is 1. The lowest BCUT2D eigenvalue weighted by Crippen LogP contribution is -2.44. The van der Waals surface area contributed by atoms with Crippen molar-refractivity contribution in [2.24, 2.45) is 5.92 Å². The van der Waals surface area contributed by atoms with Crippen LogP contribution in [0.4, 0.5) is 0 Å². The van der Waals surface area contributed by atoms with Crippen LogP contribution in [0.3, 0.4) is 0 Å². The third kappa shape index (κ3) is 2.36. The van der Waals surface area contributed by atoms with Crippen LogP contribution in [-0.4, -0.2) is 65.1 Å². The van der Waals surface area contributed by atoms with Gasteiger partial charge in [0, 0.05) is 12.7 Å². The van der Waals surface area contributed by atoms with Crippen LogP contribution in [0.1, 0.15) is 17.4 Å². The Hall–Kier alpha value is -2.13. The number of Topliss-reactive ketones (excluding diaryl/α,β-unsaturated/α-hetero) is 1. The van der Waals surface area contributed by atoms with E-state index in [1.165, 1.54) is 23.2 Å². The molecule has 1 aromatic heterocycles. The molecule has 3 rings (SSSR count). The first-order valence-corrected chi connectivity index (χ1v) is 8.46. The molecule has 0 bridgehead atoms. The highest BCUT2D eigenvalue weighted by Crippen LogP contribution is 2.35. The molecule has 0 spiro atoms. The van der Waals surface area contributed by atoms with Gasteiger partial charge in [0.25, 0.3) is 10.0 Å². The zero-order valence-electron chi connectivity index (χ0n) is 12.2. The van der Waals surface area contributed by atoms with Crippen LogP contribution in [0.5, 0.6) is 0 Å². The van der Waals surface area contributed by atoms with Gasteiger partial charge in [-0.2, -0.15) is 4.31 Å². The van der Waals surface area contributed by atoms with Crippen molar-refractivity contribution in [2.75, 3.05) is 13.1 Å². The van der Waals surface area contributed by atoms with Crippen LogP contribution in [0.2, 0.25) is 0 Å². The molecule has 0 N–H and O–H groups in total. The van der Waals surface area contributed by atoms with Crippen molar-refractivity contribution >= 4 is 27.3 Å². The van der Waals surface area contributed by atoms with Crippen molar-refractivity contribution in [3.8, 4) is 0 Å². The van der Waals surface area contributed by atoms with Gasteiger partial charge in [0.2, 0.25) is 0 Å². The van der Waals surface area contributed by atoms with Crippen molar-refractivity contribution in [3.63, 3.8) is 0 Å². The number of carbonyl (C=O) groups is 2. The number of fused-ring (bicyclic) bond motifs is 1. The Morgan fingerprint density at radius 3 is 2.74 bits per heavy atom. The minimum absolute atomic E-state index is 0.201. The van der Waals surface area contributed by atoms with Gasteiger partial charge < -0.3 is 4.90 Å². The van der Waals surface area contributed by atoms with Crippen molar-refractivity contribution in [3.05, 3.63) is 30.1 Å². The number of likely N-dealkylation sites (tertiary alicyclic amines) is 1. The van der Waals surface area contributed by atoms with E-state index >= 15 is 0 Å². The number of nitrogens with zero attached hydrogens (tertiary/aromatic N) is 3. The number of hydrogen-bond donors (Lipinski definition) is 0. The molecule has 2 aliphatic heterocycles. The molecule has 121 valence electrons. The molecule has 0 aromatic carbocycles. The molecule has 1 radical (unpaired) electrons. The molecule has 0 aliphatic carbocycles. The van der Waals surface area contributed by atoms with E-state index in [-0.39, 0.29) is 18.2 Å². The summed E-state index contributed by atoms with van der Waals surface area (Å²) in [5.41, 5.74) is -0.201. The molecule has 0 saturated carbocycles. The number of hydrogen-bond acceptors (Lipinski definition) is 6. The van der Waals surface area contributed by atoms with Crippen LogP contribution in [-0.2, 0) is 19.6 Å². The highest BCUT2D eigenvalue weighted by molar-refractivity contribution is 8.04. The van der Waals surface area contributed by atoms with E-state index in [1.54, 1.807) is 19.4 Å². The lowest BCUT2D eigenvalue weighted by atomic mass is 10.0. The Bertz CT molecular complexity index is 764. The van der Waals surface area contributed by atoms with E-state index in [9.17, 15) is 22.8 Å². The van der Waals surface area contributed by atoms with Crippen molar-refractivity contribution < 1.29 is 22.8 Å². The molecule has 1 aromatic rings. The molecule has 2 saturated heterocycles. The van der Waals surface area contributed by atoms with E-state index in [1.807, 2.05) is 0 Å². The third-order valence-electron chi connectivity index (χ3n) is 4.24. The molecule has 1 amide bonds. The highest BCUT2D eigenvalue weighted by atomic mass is 32.2. The van der Waals surface area contributed by atoms with Crippen LogP contribution >= 0.6 is 0 Å². The molecule has 9 heteroatoms. The molecule has 2 aliphatic rings. The maximum absolute atomic E-state index is 12.6. The van der Waals surface area contributed by atoms with Crippen LogP contribution in [0, 0.1) is 5.92 Å². The second kappa shape index (κ2) is 5.50. The summed E-state index contributed by atoms with van der Waals surface area (Å²) >= 11 is 0. The van der Waals surface area contributed by atoms with E-state index < -0.39 is 39.6 Å². The first-order chi connectivity index (χ1) is 10.9. The molecule has 2 fully saturated rings. The standard InChI is InChI=1S/C14H14N3O5S/c1-9-6-16(8-18)13-11(19)7-17(12(9)13)23(21,22)14(20)10-4-2-3-5-15-10/h2-5,9,12-13H,6-7H2,1H3. The summed E-state index contributed by atoms with van der Waals surface area (Å²) in [5.74, 6) is -0.667. The van der Waals surface area contributed by atoms with Gasteiger partial charge in [-0.25, -0.2) is 8.42 Å². The van der Waals surface area contributed by atoms with Crippen molar-refractivity contribution in [1.29, 1.82) is 0 Å². The van der Waals surface area contributed by atoms with Gasteiger partial charge >= 0.3 is 11.5 Å². The minimum atomic E-state index is -4.39. The Morgan fingerprint density at radius 2 is 2.13 bits per heavy atom. The van der Waals surface area contributed by atoms with E-state index in [2.05, 4.69) is 4.98 Å². The Morgan fingerprint density at radius 1 is 1.39 bits per heavy atom. The number of rotatable bonds is 3. The van der Waals surface area contributed by atoms with Gasteiger partial charge in [-0.15, -0.1) is 0 Å². The fourth-order valence-electron chi connectivity index (χ4n) is 3.25. The number of sulfonamides is 1. The van der Waals surface area contributed by atoms with Gasteiger partial charge in [-0.05, 0) is 18.1 Å². The van der Waals surface area contributed by atoms with E-state index in [4.69, 9.17) is 0 Å². The van der Waals surface area contributed by atoms with Crippen LogP contribution < -0.4 is 0 Å². The van der Waals surface area contributed by atoms with Gasteiger partial charge in [0.15, 0.2) is 5.78 Å².